The van der Waals surface area contributed by atoms with Crippen LogP contribution in [0.15, 0.2) is 0 Å². The molecule has 0 aromatic carbocycles. The molecule has 2 aliphatic rings. The van der Waals surface area contributed by atoms with E-state index >= 15 is 0 Å². The predicted molar refractivity (Wildman–Crippen MR) is 126 cm³/mol. The molecule has 14 heteroatoms. The minimum Gasteiger partial charge on any atom is -0.466 e. The topological polar surface area (TPSA) is 140 Å². The normalized spacial score (nSPS) is 29.5. The van der Waals surface area contributed by atoms with Crippen LogP contribution in [0.2, 0.25) is 0 Å². The molecule has 36 heavy (non-hydrogen) atoms. The summed E-state index contributed by atoms with van der Waals surface area (Å²) in [5, 5.41) is 6.70. The van der Waals surface area contributed by atoms with Crippen LogP contribution in [0.1, 0.15) is 51.9 Å². The van der Waals surface area contributed by atoms with Crippen molar-refractivity contribution in [2.24, 2.45) is 17.6 Å². The summed E-state index contributed by atoms with van der Waals surface area (Å²) in [6.07, 6.45) is -3.14. The van der Waals surface area contributed by atoms with E-state index < -0.39 is 60.5 Å². The summed E-state index contributed by atoms with van der Waals surface area (Å²) >= 11 is 12.6. The third kappa shape index (κ3) is 9.93. The molecule has 5 N–H and O–H groups in total. The molecule has 6 unspecified atom stereocenters. The summed E-state index contributed by atoms with van der Waals surface area (Å²) in [7, 11) is 0. The maximum Gasteiger partial charge on any atom is 0.471 e. The highest BCUT2D eigenvalue weighted by Gasteiger charge is 2.42. The second kappa shape index (κ2) is 13.7. The number of halogens is 5. The zero-order valence-corrected chi connectivity index (χ0v) is 21.4. The Morgan fingerprint density at radius 2 is 1.67 bits per heavy atom. The van der Waals surface area contributed by atoms with E-state index in [0.29, 0.717) is 19.3 Å². The van der Waals surface area contributed by atoms with E-state index in [1.54, 1.807) is 6.92 Å². The minimum atomic E-state index is -5.04. The van der Waals surface area contributed by atoms with Gasteiger partial charge in [0.05, 0.1) is 19.6 Å². The van der Waals surface area contributed by atoms with Crippen molar-refractivity contribution in [3.63, 3.8) is 0 Å². The smallest absolute Gasteiger partial charge is 0.466 e. The van der Waals surface area contributed by atoms with E-state index in [0.717, 1.165) is 0 Å². The summed E-state index contributed by atoms with van der Waals surface area (Å²) in [5.41, 5.74) is 5.88. The van der Waals surface area contributed by atoms with Crippen LogP contribution in [-0.4, -0.2) is 71.9 Å². The first-order chi connectivity index (χ1) is 16.8. The molecule has 0 radical (unpaired) electrons. The fraction of sp³-hybridized carbons (Fsp3) is 0.818. The Morgan fingerprint density at radius 1 is 1.03 bits per heavy atom. The van der Waals surface area contributed by atoms with Gasteiger partial charge in [-0.05, 0) is 51.4 Å². The van der Waals surface area contributed by atoms with Crippen molar-refractivity contribution in [1.29, 1.82) is 0 Å². The van der Waals surface area contributed by atoms with Crippen LogP contribution in [0, 0.1) is 11.8 Å². The number of nitrogens with one attached hydrogen (secondary N) is 3. The Balaban J connectivity index is 1.93. The minimum absolute atomic E-state index is 0.0370. The van der Waals surface area contributed by atoms with E-state index in [4.69, 9.17) is 33.7 Å². The molecule has 2 aliphatic carbocycles. The number of carbonyl (C=O) groups is 4. The number of hydrogen-bond donors (Lipinski definition) is 4. The van der Waals surface area contributed by atoms with Gasteiger partial charge in [0.2, 0.25) is 11.8 Å². The summed E-state index contributed by atoms with van der Waals surface area (Å²) in [6.45, 7) is 1.44. The van der Waals surface area contributed by atoms with Crippen LogP contribution in [-0.2, 0) is 23.9 Å². The van der Waals surface area contributed by atoms with Crippen LogP contribution >= 0.6 is 23.2 Å². The first-order valence-electron chi connectivity index (χ1n) is 11.9. The van der Waals surface area contributed by atoms with E-state index in [2.05, 4.69) is 10.6 Å². The number of carbonyl (C=O) groups excluding carboxylic acids is 4. The number of amides is 3. The largest absolute Gasteiger partial charge is 0.471 e. The van der Waals surface area contributed by atoms with Gasteiger partial charge >= 0.3 is 18.1 Å². The molecule has 9 nitrogen and oxygen atoms in total. The van der Waals surface area contributed by atoms with Gasteiger partial charge in [-0.1, -0.05) is 0 Å². The molecule has 0 aliphatic heterocycles. The number of nitrogens with two attached hydrogens (primary N) is 1. The van der Waals surface area contributed by atoms with E-state index in [1.807, 2.05) is 5.32 Å². The highest BCUT2D eigenvalue weighted by atomic mass is 35.5. The number of rotatable bonds is 9. The number of esters is 1. The SMILES string of the molecule is CCOC(=O)CC(NC(=O)CNC(=O)C1CC(N)CC(NC(=O)C(F)(F)F)C1)C1CC(Cl)CC(Cl)C1. The molecule has 3 amide bonds. The second-order valence-electron chi connectivity index (χ2n) is 9.39. The van der Waals surface area contributed by atoms with Gasteiger partial charge in [-0.2, -0.15) is 13.2 Å². The van der Waals surface area contributed by atoms with Gasteiger partial charge in [-0.25, -0.2) is 0 Å². The molecule has 2 rings (SSSR count). The molecule has 2 saturated carbocycles. The number of ether oxygens (including phenoxy) is 1. The maximum absolute atomic E-state index is 12.6. The summed E-state index contributed by atoms with van der Waals surface area (Å²) in [5.74, 6) is -4.63. The quantitative estimate of drug-likeness (QED) is 0.250. The summed E-state index contributed by atoms with van der Waals surface area (Å²) < 4.78 is 42.7. The molecule has 0 heterocycles. The third-order valence-electron chi connectivity index (χ3n) is 6.37. The number of hydrogen-bond acceptors (Lipinski definition) is 6. The molecule has 0 saturated heterocycles. The molecule has 0 aromatic rings. The molecule has 2 fully saturated rings. The fourth-order valence-corrected chi connectivity index (χ4v) is 5.80. The lowest BCUT2D eigenvalue weighted by atomic mass is 9.82. The Morgan fingerprint density at radius 3 is 2.25 bits per heavy atom. The first kappa shape index (κ1) is 30.4. The van der Waals surface area contributed by atoms with Crippen LogP contribution < -0.4 is 21.7 Å². The molecular formula is C22H33Cl2F3N4O5. The van der Waals surface area contributed by atoms with Gasteiger partial charge in [0.15, 0.2) is 0 Å². The third-order valence-corrected chi connectivity index (χ3v) is 7.08. The zero-order chi connectivity index (χ0) is 27.0. The lowest BCUT2D eigenvalue weighted by molar-refractivity contribution is -0.174. The van der Waals surface area contributed by atoms with Crippen LogP contribution in [0.4, 0.5) is 13.2 Å². The van der Waals surface area contributed by atoms with Crippen LogP contribution in [0.25, 0.3) is 0 Å². The van der Waals surface area contributed by atoms with E-state index in [9.17, 15) is 32.3 Å². The van der Waals surface area contributed by atoms with Crippen molar-refractivity contribution in [2.75, 3.05) is 13.2 Å². The fourth-order valence-electron chi connectivity index (χ4n) is 4.82. The zero-order valence-electron chi connectivity index (χ0n) is 19.9. The Hall–Kier alpha value is -1.79. The molecule has 0 aromatic heterocycles. The Labute approximate surface area is 217 Å². The van der Waals surface area contributed by atoms with Crippen molar-refractivity contribution >= 4 is 46.9 Å². The van der Waals surface area contributed by atoms with Crippen molar-refractivity contribution in [3.05, 3.63) is 0 Å². The highest BCUT2D eigenvalue weighted by molar-refractivity contribution is 6.23. The van der Waals surface area contributed by atoms with Crippen molar-refractivity contribution < 1.29 is 37.1 Å². The number of alkyl halides is 5. The van der Waals surface area contributed by atoms with Crippen molar-refractivity contribution in [1.82, 2.24) is 16.0 Å². The maximum atomic E-state index is 12.6. The van der Waals surface area contributed by atoms with Crippen molar-refractivity contribution in [3.8, 4) is 0 Å². The van der Waals surface area contributed by atoms with E-state index in [1.165, 1.54) is 0 Å². The molecule has 0 bridgehead atoms. The Bertz CT molecular complexity index is 794. The Kier molecular flexibility index (Phi) is 11.6. The van der Waals surface area contributed by atoms with Crippen LogP contribution in [0.3, 0.4) is 0 Å². The van der Waals surface area contributed by atoms with Gasteiger partial charge in [0.25, 0.3) is 0 Å². The summed E-state index contributed by atoms with van der Waals surface area (Å²) in [4.78, 5) is 48.6. The van der Waals surface area contributed by atoms with Gasteiger partial charge in [0, 0.05) is 34.8 Å². The second-order valence-corrected chi connectivity index (χ2v) is 10.6. The molecule has 0 spiro atoms. The van der Waals surface area contributed by atoms with Gasteiger partial charge in [-0.15, -0.1) is 23.2 Å². The molecule has 6 atom stereocenters. The monoisotopic (exact) mass is 560 g/mol. The van der Waals surface area contributed by atoms with Crippen LogP contribution in [0.5, 0.6) is 0 Å². The average Bonchev–Trinajstić information content (AvgIpc) is 2.75. The van der Waals surface area contributed by atoms with E-state index in [-0.39, 0.29) is 49.0 Å². The van der Waals surface area contributed by atoms with Gasteiger partial charge < -0.3 is 26.4 Å². The first-order valence-corrected chi connectivity index (χ1v) is 12.8. The predicted octanol–water partition coefficient (Wildman–Crippen LogP) is 1.73. The lowest BCUT2D eigenvalue weighted by Gasteiger charge is -2.35. The van der Waals surface area contributed by atoms with Gasteiger partial charge in [0.1, 0.15) is 0 Å². The standard InChI is InChI=1S/C22H33Cl2F3N4O5/c1-2-36-19(33)9-17(11-3-13(23)7-14(24)4-11)31-18(32)10-29-20(34)12-5-15(28)8-16(6-12)30-21(35)22(25,26)27/h11-17H,2-10,28H2,1H3,(H,29,34)(H,30,35)(H,31,32). The summed E-state index contributed by atoms with van der Waals surface area (Å²) in [6, 6.07) is -2.10. The molecular weight excluding hydrogens is 528 g/mol. The average molecular weight is 561 g/mol. The highest BCUT2D eigenvalue weighted by Crippen LogP contribution is 2.34. The van der Waals surface area contributed by atoms with Gasteiger partial charge in [-0.3, -0.25) is 19.2 Å². The lowest BCUT2D eigenvalue weighted by Crippen LogP contribution is -2.52. The van der Waals surface area contributed by atoms with Crippen molar-refractivity contribution in [2.45, 2.75) is 86.9 Å². The molecule has 206 valence electrons.